The molecule has 49 heavy (non-hydrogen) atoms. The van der Waals surface area contributed by atoms with E-state index in [0.717, 1.165) is 24.0 Å². The quantitative estimate of drug-likeness (QED) is 0.191. The van der Waals surface area contributed by atoms with Crippen molar-refractivity contribution in [3.05, 3.63) is 163 Å². The van der Waals surface area contributed by atoms with Gasteiger partial charge in [-0.25, -0.2) is 0 Å². The molecule has 0 atom stereocenters. The molecule has 0 saturated carbocycles. The van der Waals surface area contributed by atoms with Crippen molar-refractivity contribution in [3.8, 4) is 5.69 Å². The standard InChI is InChI=1S/C46H30N2O/c1-2-15-32(16-3-1)48-39-21-8-6-18-35(39)36-24-25-41-45(46(36)48)37-19-7-9-22-40(37)47(41)33-17-10-14-31(26-33)34-20-11-23-42-44(34)38-27-29-12-4-5-13-30(29)28-43(38)49-42/h1-9,11-16,18-28H,10,17H2. The highest BCUT2D eigenvalue weighted by atomic mass is 16.3. The van der Waals surface area contributed by atoms with Crippen LogP contribution in [0.25, 0.3) is 93.3 Å². The molecule has 1 aliphatic carbocycles. The van der Waals surface area contributed by atoms with Gasteiger partial charge in [0, 0.05) is 43.7 Å². The van der Waals surface area contributed by atoms with E-state index >= 15 is 0 Å². The van der Waals surface area contributed by atoms with Gasteiger partial charge in [-0.05, 0) is 89.4 Å². The SMILES string of the molecule is C1=C(c2cccc3oc4cc5ccccc5cc4c23)C=C(n2c3ccccc3c3c2ccc2c4ccccc4n(-c4ccccc4)c23)CC1. The summed E-state index contributed by atoms with van der Waals surface area (Å²) in [6.07, 6.45) is 6.75. The Kier molecular flexibility index (Phi) is 5.50. The summed E-state index contributed by atoms with van der Waals surface area (Å²) in [5.41, 5.74) is 11.8. The Balaban J connectivity index is 1.18. The molecule has 3 aromatic heterocycles. The van der Waals surface area contributed by atoms with E-state index in [1.807, 2.05) is 0 Å². The Labute approximate surface area is 282 Å². The second kappa shape index (κ2) is 10.1. The molecule has 7 aromatic carbocycles. The number of allylic oxidation sites excluding steroid dienone is 4. The minimum Gasteiger partial charge on any atom is -0.456 e. The maximum Gasteiger partial charge on any atom is 0.136 e. The van der Waals surface area contributed by atoms with Gasteiger partial charge in [0.1, 0.15) is 11.2 Å². The number of fused-ring (bicyclic) bond motifs is 11. The lowest BCUT2D eigenvalue weighted by atomic mass is 9.93. The van der Waals surface area contributed by atoms with Gasteiger partial charge in [0.25, 0.3) is 0 Å². The first-order valence-electron chi connectivity index (χ1n) is 17.1. The van der Waals surface area contributed by atoms with Gasteiger partial charge in [-0.3, -0.25) is 0 Å². The maximum absolute atomic E-state index is 6.46. The average molecular weight is 627 g/mol. The molecule has 10 aromatic rings. The molecule has 0 unspecified atom stereocenters. The van der Waals surface area contributed by atoms with E-state index < -0.39 is 0 Å². The zero-order chi connectivity index (χ0) is 32.1. The maximum atomic E-state index is 6.46. The molecule has 1 aliphatic rings. The fourth-order valence-corrected chi connectivity index (χ4v) is 8.47. The van der Waals surface area contributed by atoms with Crippen LogP contribution in [0.15, 0.2) is 162 Å². The fourth-order valence-electron chi connectivity index (χ4n) is 8.47. The van der Waals surface area contributed by atoms with Crippen molar-refractivity contribution in [2.75, 3.05) is 0 Å². The van der Waals surface area contributed by atoms with Crippen LogP contribution in [0.3, 0.4) is 0 Å². The number of para-hydroxylation sites is 3. The highest BCUT2D eigenvalue weighted by Crippen LogP contribution is 2.44. The molecule has 3 heterocycles. The van der Waals surface area contributed by atoms with Crippen LogP contribution < -0.4 is 0 Å². The summed E-state index contributed by atoms with van der Waals surface area (Å²) < 4.78 is 11.4. The molecule has 0 radical (unpaired) electrons. The van der Waals surface area contributed by atoms with E-state index in [1.165, 1.54) is 87.7 Å². The lowest BCUT2D eigenvalue weighted by Crippen LogP contribution is -2.01. The zero-order valence-corrected chi connectivity index (χ0v) is 26.7. The number of furan rings is 1. The molecule has 11 rings (SSSR count). The van der Waals surface area contributed by atoms with Crippen LogP contribution in [0.1, 0.15) is 18.4 Å². The Bertz CT molecular complexity index is 3040. The van der Waals surface area contributed by atoms with Crippen molar-refractivity contribution in [1.82, 2.24) is 9.13 Å². The van der Waals surface area contributed by atoms with Gasteiger partial charge >= 0.3 is 0 Å². The molecular weight excluding hydrogens is 597 g/mol. The van der Waals surface area contributed by atoms with Crippen LogP contribution >= 0.6 is 0 Å². The van der Waals surface area contributed by atoms with Gasteiger partial charge in [0.15, 0.2) is 0 Å². The second-order valence-corrected chi connectivity index (χ2v) is 13.2. The number of rotatable bonds is 3. The van der Waals surface area contributed by atoms with Crippen LogP contribution in [0.2, 0.25) is 0 Å². The Morgan fingerprint density at radius 3 is 2.08 bits per heavy atom. The van der Waals surface area contributed by atoms with Crippen molar-refractivity contribution in [2.24, 2.45) is 0 Å². The molecule has 0 spiro atoms. The first kappa shape index (κ1) is 26.7. The fraction of sp³-hybridized carbons (Fsp3) is 0.0435. The third kappa shape index (κ3) is 3.78. The van der Waals surface area contributed by atoms with Crippen LogP contribution in [0, 0.1) is 0 Å². The van der Waals surface area contributed by atoms with Crippen LogP contribution in [0.5, 0.6) is 0 Å². The van der Waals surface area contributed by atoms with Crippen LogP contribution in [0.4, 0.5) is 0 Å². The summed E-state index contributed by atoms with van der Waals surface area (Å²) in [5.74, 6) is 0. The van der Waals surface area contributed by atoms with Crippen molar-refractivity contribution in [1.29, 1.82) is 0 Å². The molecule has 230 valence electrons. The molecule has 3 heteroatoms. The van der Waals surface area contributed by atoms with Crippen molar-refractivity contribution < 1.29 is 4.42 Å². The minimum absolute atomic E-state index is 0.928. The summed E-state index contributed by atoms with van der Waals surface area (Å²) in [4.78, 5) is 0. The largest absolute Gasteiger partial charge is 0.456 e. The minimum atomic E-state index is 0.928. The zero-order valence-electron chi connectivity index (χ0n) is 26.7. The monoisotopic (exact) mass is 626 g/mol. The third-order valence-electron chi connectivity index (χ3n) is 10.5. The summed E-state index contributed by atoms with van der Waals surface area (Å²) in [7, 11) is 0. The first-order valence-corrected chi connectivity index (χ1v) is 17.1. The highest BCUT2D eigenvalue weighted by Gasteiger charge is 2.23. The smallest absolute Gasteiger partial charge is 0.136 e. The first-order chi connectivity index (χ1) is 24.3. The molecule has 0 fully saturated rings. The topological polar surface area (TPSA) is 23.0 Å². The second-order valence-electron chi connectivity index (χ2n) is 13.2. The van der Waals surface area contributed by atoms with Crippen molar-refractivity contribution in [2.45, 2.75) is 12.8 Å². The molecule has 0 N–H and O–H groups in total. The molecule has 0 saturated heterocycles. The van der Waals surface area contributed by atoms with Crippen molar-refractivity contribution >= 4 is 87.6 Å². The van der Waals surface area contributed by atoms with Gasteiger partial charge < -0.3 is 13.6 Å². The average Bonchev–Trinajstić information content (AvgIpc) is 3.81. The van der Waals surface area contributed by atoms with Gasteiger partial charge in [-0.1, -0.05) is 103 Å². The van der Waals surface area contributed by atoms with E-state index in [4.69, 9.17) is 4.42 Å². The normalized spacial score (nSPS) is 13.8. The number of benzene rings is 7. The summed E-state index contributed by atoms with van der Waals surface area (Å²) in [6, 6.07) is 52.7. The Morgan fingerprint density at radius 1 is 0.490 bits per heavy atom. The van der Waals surface area contributed by atoms with Gasteiger partial charge in [-0.15, -0.1) is 0 Å². The van der Waals surface area contributed by atoms with E-state index in [-0.39, 0.29) is 0 Å². The number of hydrogen-bond acceptors (Lipinski definition) is 1. The Morgan fingerprint density at radius 2 is 1.22 bits per heavy atom. The predicted molar refractivity (Wildman–Crippen MR) is 206 cm³/mol. The predicted octanol–water partition coefficient (Wildman–Crippen LogP) is 12.7. The van der Waals surface area contributed by atoms with E-state index in [1.54, 1.807) is 0 Å². The lowest BCUT2D eigenvalue weighted by Gasteiger charge is -2.18. The molecule has 3 nitrogen and oxygen atoms in total. The van der Waals surface area contributed by atoms with Crippen molar-refractivity contribution in [3.63, 3.8) is 0 Å². The van der Waals surface area contributed by atoms with Crippen LogP contribution in [-0.2, 0) is 0 Å². The number of aromatic nitrogens is 2. The summed E-state index contributed by atoms with van der Waals surface area (Å²) in [6.45, 7) is 0. The summed E-state index contributed by atoms with van der Waals surface area (Å²) >= 11 is 0. The van der Waals surface area contributed by atoms with Gasteiger partial charge in [-0.2, -0.15) is 0 Å². The number of nitrogens with zero attached hydrogens (tertiary/aromatic N) is 2. The van der Waals surface area contributed by atoms with Gasteiger partial charge in [0.05, 0.1) is 22.1 Å². The highest BCUT2D eigenvalue weighted by molar-refractivity contribution is 6.26. The van der Waals surface area contributed by atoms with Gasteiger partial charge in [0.2, 0.25) is 0 Å². The van der Waals surface area contributed by atoms with Crippen LogP contribution in [-0.4, -0.2) is 9.13 Å². The molecule has 0 bridgehead atoms. The van der Waals surface area contributed by atoms with E-state index in [9.17, 15) is 0 Å². The molecular formula is C46H30N2O. The molecule has 0 amide bonds. The molecule has 0 aliphatic heterocycles. The van der Waals surface area contributed by atoms with E-state index in [2.05, 4.69) is 167 Å². The number of hydrogen-bond donors (Lipinski definition) is 0. The van der Waals surface area contributed by atoms with E-state index in [0.29, 0.717) is 0 Å². The Hall–Kier alpha value is -6.32. The lowest BCUT2D eigenvalue weighted by molar-refractivity contribution is 0.669. The third-order valence-corrected chi connectivity index (χ3v) is 10.5. The summed E-state index contributed by atoms with van der Waals surface area (Å²) in [5, 5.41) is 9.89.